The van der Waals surface area contributed by atoms with Crippen LogP contribution in [0.1, 0.15) is 11.1 Å². The summed E-state index contributed by atoms with van der Waals surface area (Å²) in [6, 6.07) is 14.0. The van der Waals surface area contributed by atoms with Gasteiger partial charge in [-0.15, -0.1) is 0 Å². The maximum Gasteiger partial charge on any atom is 0.339 e. The van der Waals surface area contributed by atoms with E-state index in [1.165, 1.54) is 13.4 Å². The molecule has 2 aromatic rings. The van der Waals surface area contributed by atoms with Crippen LogP contribution in [0.25, 0.3) is 0 Å². The first-order valence-corrected chi connectivity index (χ1v) is 7.47. The van der Waals surface area contributed by atoms with Crippen molar-refractivity contribution in [1.29, 1.82) is 0 Å². The van der Waals surface area contributed by atoms with Crippen molar-refractivity contribution in [3.63, 3.8) is 0 Å². The lowest BCUT2D eigenvalue weighted by Crippen LogP contribution is -2.11. The van der Waals surface area contributed by atoms with Gasteiger partial charge in [0.25, 0.3) is 0 Å². The van der Waals surface area contributed by atoms with Crippen molar-refractivity contribution >= 4 is 23.3 Å². The van der Waals surface area contributed by atoms with Gasteiger partial charge in [-0.1, -0.05) is 41.0 Å². The Balaban J connectivity index is 2.24. The smallest absolute Gasteiger partial charge is 0.339 e. The summed E-state index contributed by atoms with van der Waals surface area (Å²) in [6.45, 7) is 0. The van der Waals surface area contributed by atoms with E-state index in [1.807, 2.05) is 12.1 Å². The van der Waals surface area contributed by atoms with Gasteiger partial charge in [-0.2, -0.15) is 0 Å². The third-order valence-electron chi connectivity index (χ3n) is 3.15. The van der Waals surface area contributed by atoms with Crippen LogP contribution in [0.3, 0.4) is 0 Å². The van der Waals surface area contributed by atoms with E-state index in [-0.39, 0.29) is 0 Å². The number of carbonyl (C=O) groups is 1. The standard InChI is InChI=1S/C18H16ClNO4/c1-23-11-10-18(21)24-17-5-3-2-4-15(17)16(20-22)12-13-6-8-14(19)9-7-13/h2-11,22H,12H2,1H3. The molecule has 24 heavy (non-hydrogen) atoms. The number of esters is 1. The number of halogens is 1. The van der Waals surface area contributed by atoms with Crippen LogP contribution in [-0.4, -0.2) is 24.0 Å². The van der Waals surface area contributed by atoms with Gasteiger partial charge >= 0.3 is 5.97 Å². The van der Waals surface area contributed by atoms with Gasteiger partial charge in [-0.05, 0) is 29.8 Å². The van der Waals surface area contributed by atoms with Crippen molar-refractivity contribution in [2.45, 2.75) is 6.42 Å². The molecule has 5 nitrogen and oxygen atoms in total. The Kier molecular flexibility index (Phi) is 6.40. The van der Waals surface area contributed by atoms with Crippen molar-refractivity contribution in [3.8, 4) is 5.75 Å². The molecule has 1 N–H and O–H groups in total. The minimum absolute atomic E-state index is 0.296. The van der Waals surface area contributed by atoms with Gasteiger partial charge in [-0.3, -0.25) is 0 Å². The first-order chi connectivity index (χ1) is 11.6. The minimum atomic E-state index is -0.590. The summed E-state index contributed by atoms with van der Waals surface area (Å²) in [5, 5.41) is 13.4. The largest absolute Gasteiger partial charge is 0.504 e. The normalized spacial score (nSPS) is 11.5. The topological polar surface area (TPSA) is 68.1 Å². The zero-order chi connectivity index (χ0) is 17.4. The van der Waals surface area contributed by atoms with Crippen LogP contribution in [0.15, 0.2) is 66.0 Å². The quantitative estimate of drug-likeness (QED) is 0.164. The second kappa shape index (κ2) is 8.74. The van der Waals surface area contributed by atoms with E-state index in [2.05, 4.69) is 9.89 Å². The number of ether oxygens (including phenoxy) is 2. The predicted octanol–water partition coefficient (Wildman–Crippen LogP) is 3.83. The first-order valence-electron chi connectivity index (χ1n) is 7.10. The number of hydrogen-bond donors (Lipinski definition) is 1. The molecule has 2 aromatic carbocycles. The summed E-state index contributed by atoms with van der Waals surface area (Å²) < 4.78 is 9.95. The Morgan fingerprint density at radius 1 is 1.21 bits per heavy atom. The van der Waals surface area contributed by atoms with Crippen molar-refractivity contribution in [1.82, 2.24) is 0 Å². The highest BCUT2D eigenvalue weighted by molar-refractivity contribution is 6.30. The summed E-state index contributed by atoms with van der Waals surface area (Å²) in [4.78, 5) is 11.7. The van der Waals surface area contributed by atoms with Crippen LogP contribution in [-0.2, 0) is 16.0 Å². The van der Waals surface area contributed by atoms with Gasteiger partial charge in [-0.25, -0.2) is 4.79 Å². The molecule has 0 radical (unpaired) electrons. The number of rotatable bonds is 6. The highest BCUT2D eigenvalue weighted by atomic mass is 35.5. The second-order valence-corrected chi connectivity index (χ2v) is 5.24. The van der Waals surface area contributed by atoms with Crippen LogP contribution < -0.4 is 4.74 Å². The molecule has 2 rings (SSSR count). The fourth-order valence-corrected chi connectivity index (χ4v) is 2.17. The molecule has 0 bridgehead atoms. The molecule has 0 saturated heterocycles. The highest BCUT2D eigenvalue weighted by Crippen LogP contribution is 2.21. The van der Waals surface area contributed by atoms with Crippen LogP contribution in [0, 0.1) is 0 Å². The lowest BCUT2D eigenvalue weighted by Gasteiger charge is -2.10. The number of benzene rings is 2. The van der Waals surface area contributed by atoms with Crippen LogP contribution in [0.2, 0.25) is 5.02 Å². The van der Waals surface area contributed by atoms with E-state index < -0.39 is 5.97 Å². The van der Waals surface area contributed by atoms with Crippen LogP contribution >= 0.6 is 11.6 Å². The van der Waals surface area contributed by atoms with E-state index in [9.17, 15) is 10.0 Å². The second-order valence-electron chi connectivity index (χ2n) is 4.81. The Hall–Kier alpha value is -2.79. The Morgan fingerprint density at radius 2 is 1.92 bits per heavy atom. The molecule has 0 amide bonds. The summed E-state index contributed by atoms with van der Waals surface area (Å²) >= 11 is 5.87. The fourth-order valence-electron chi connectivity index (χ4n) is 2.04. The Bertz CT molecular complexity index is 754. The predicted molar refractivity (Wildman–Crippen MR) is 91.7 cm³/mol. The minimum Gasteiger partial charge on any atom is -0.504 e. The Morgan fingerprint density at radius 3 is 2.58 bits per heavy atom. The third kappa shape index (κ3) is 4.86. The van der Waals surface area contributed by atoms with E-state index in [0.717, 1.165) is 11.6 Å². The van der Waals surface area contributed by atoms with Gasteiger partial charge in [0.15, 0.2) is 0 Å². The van der Waals surface area contributed by atoms with E-state index in [0.29, 0.717) is 28.5 Å². The van der Waals surface area contributed by atoms with Gasteiger partial charge in [0.1, 0.15) is 5.75 Å². The fraction of sp³-hybridized carbons (Fsp3) is 0.111. The maximum absolute atomic E-state index is 11.7. The number of carbonyl (C=O) groups excluding carboxylic acids is 1. The maximum atomic E-state index is 11.7. The SMILES string of the molecule is COC=CC(=O)Oc1ccccc1C(Cc1ccc(Cl)cc1)=NO. The molecular formula is C18H16ClNO4. The summed E-state index contributed by atoms with van der Waals surface area (Å²) in [7, 11) is 1.43. The zero-order valence-corrected chi connectivity index (χ0v) is 13.7. The molecule has 124 valence electrons. The van der Waals surface area contributed by atoms with Crippen molar-refractivity contribution < 1.29 is 19.5 Å². The van der Waals surface area contributed by atoms with Crippen LogP contribution in [0.5, 0.6) is 5.75 Å². The molecule has 0 aliphatic heterocycles. The van der Waals surface area contributed by atoms with Gasteiger partial charge in [0, 0.05) is 17.0 Å². The number of oxime groups is 1. The van der Waals surface area contributed by atoms with E-state index in [1.54, 1.807) is 36.4 Å². The van der Waals surface area contributed by atoms with Crippen molar-refractivity contribution in [2.24, 2.45) is 5.16 Å². The van der Waals surface area contributed by atoms with Crippen molar-refractivity contribution in [2.75, 3.05) is 7.11 Å². The number of para-hydroxylation sites is 1. The average Bonchev–Trinajstić information content (AvgIpc) is 2.60. The molecule has 0 fully saturated rings. The molecule has 0 atom stereocenters. The van der Waals surface area contributed by atoms with E-state index >= 15 is 0 Å². The highest BCUT2D eigenvalue weighted by Gasteiger charge is 2.14. The van der Waals surface area contributed by atoms with Gasteiger partial charge in [0.2, 0.25) is 0 Å². The lowest BCUT2D eigenvalue weighted by atomic mass is 10.0. The van der Waals surface area contributed by atoms with Crippen LogP contribution in [0.4, 0.5) is 0 Å². The zero-order valence-electron chi connectivity index (χ0n) is 13.0. The summed E-state index contributed by atoms with van der Waals surface area (Å²) in [5.41, 5.74) is 1.80. The number of hydrogen-bond acceptors (Lipinski definition) is 5. The molecule has 6 heteroatoms. The summed E-state index contributed by atoms with van der Waals surface area (Å²) in [5.74, 6) is -0.293. The average molecular weight is 346 g/mol. The molecule has 0 spiro atoms. The monoisotopic (exact) mass is 345 g/mol. The number of methoxy groups -OCH3 is 1. The molecule has 0 saturated carbocycles. The molecule has 0 aliphatic rings. The molecule has 0 unspecified atom stereocenters. The molecule has 0 heterocycles. The van der Waals surface area contributed by atoms with Crippen molar-refractivity contribution in [3.05, 3.63) is 77.0 Å². The van der Waals surface area contributed by atoms with Gasteiger partial charge < -0.3 is 14.7 Å². The Labute approximate surface area is 144 Å². The first kappa shape index (κ1) is 17.6. The third-order valence-corrected chi connectivity index (χ3v) is 3.41. The molecule has 0 aliphatic carbocycles. The van der Waals surface area contributed by atoms with Gasteiger partial charge in [0.05, 0.1) is 25.2 Å². The molecule has 0 aromatic heterocycles. The lowest BCUT2D eigenvalue weighted by molar-refractivity contribution is -0.129. The summed E-state index contributed by atoms with van der Waals surface area (Å²) in [6.07, 6.45) is 2.74. The van der Waals surface area contributed by atoms with E-state index in [4.69, 9.17) is 16.3 Å². The number of nitrogens with zero attached hydrogens (tertiary/aromatic N) is 1. The molecular weight excluding hydrogens is 330 g/mol.